The van der Waals surface area contributed by atoms with Gasteiger partial charge < -0.3 is 9.47 Å². The first kappa shape index (κ1) is 16.0. The number of hydrogen-bond acceptors (Lipinski definition) is 3. The first-order valence-corrected chi connectivity index (χ1v) is 6.72. The Morgan fingerprint density at radius 1 is 1.33 bits per heavy atom. The van der Waals surface area contributed by atoms with Crippen molar-refractivity contribution >= 4 is 27.5 Å². The molecule has 2 aromatic rings. The zero-order chi connectivity index (χ0) is 15.8. The van der Waals surface area contributed by atoms with Gasteiger partial charge in [-0.15, -0.1) is 5.10 Å². The van der Waals surface area contributed by atoms with Gasteiger partial charge in [-0.05, 0) is 28.1 Å². The van der Waals surface area contributed by atoms with Crippen LogP contribution in [0.4, 0.5) is 13.2 Å². The van der Waals surface area contributed by atoms with Crippen LogP contribution in [0.15, 0.2) is 22.7 Å². The third-order valence-electron chi connectivity index (χ3n) is 2.57. The maximum Gasteiger partial charge on any atom is 0.434 e. The van der Waals surface area contributed by atoms with Crippen molar-refractivity contribution in [1.82, 2.24) is 9.78 Å². The second-order valence-corrected chi connectivity index (χ2v) is 5.22. The van der Waals surface area contributed by atoms with Crippen molar-refractivity contribution in [1.29, 1.82) is 0 Å². The molecule has 0 spiro atoms. The predicted molar refractivity (Wildman–Crippen MR) is 74.0 cm³/mol. The van der Waals surface area contributed by atoms with Crippen LogP contribution in [-0.4, -0.2) is 16.9 Å². The quantitative estimate of drug-likeness (QED) is 0.771. The molecule has 1 heterocycles. The lowest BCUT2D eigenvalue weighted by atomic mass is 10.3. The van der Waals surface area contributed by atoms with Crippen molar-refractivity contribution in [3.05, 3.63) is 33.4 Å². The Balaban J connectivity index is 2.37. The molecule has 114 valence electrons. The van der Waals surface area contributed by atoms with Crippen LogP contribution < -0.4 is 9.47 Å². The lowest BCUT2D eigenvalue weighted by Gasteiger charge is -2.07. The number of rotatable bonds is 3. The highest BCUT2D eigenvalue weighted by molar-refractivity contribution is 9.10. The van der Waals surface area contributed by atoms with Gasteiger partial charge in [0.15, 0.2) is 5.69 Å². The Kier molecular flexibility index (Phi) is 4.38. The average molecular weight is 386 g/mol. The number of ether oxygens (including phenoxy) is 2. The van der Waals surface area contributed by atoms with Crippen LogP contribution >= 0.6 is 27.5 Å². The molecule has 0 amide bonds. The number of halogens is 5. The van der Waals surface area contributed by atoms with Gasteiger partial charge in [-0.25, -0.2) is 0 Å². The molecule has 0 aliphatic rings. The van der Waals surface area contributed by atoms with Crippen LogP contribution in [0.3, 0.4) is 0 Å². The van der Waals surface area contributed by atoms with E-state index in [1.807, 2.05) is 0 Å². The van der Waals surface area contributed by atoms with Crippen molar-refractivity contribution in [3.63, 3.8) is 0 Å². The summed E-state index contributed by atoms with van der Waals surface area (Å²) in [5, 5.41) is 3.05. The molecule has 2 rings (SSSR count). The maximum absolute atomic E-state index is 12.8. The zero-order valence-electron chi connectivity index (χ0n) is 10.8. The monoisotopic (exact) mass is 384 g/mol. The van der Waals surface area contributed by atoms with Crippen molar-refractivity contribution in [2.45, 2.75) is 6.18 Å². The fourth-order valence-corrected chi connectivity index (χ4v) is 2.38. The summed E-state index contributed by atoms with van der Waals surface area (Å²) in [6.07, 6.45) is -4.61. The van der Waals surface area contributed by atoms with Gasteiger partial charge in [-0.3, -0.25) is 4.68 Å². The summed E-state index contributed by atoms with van der Waals surface area (Å²) in [6.45, 7) is 0. The fraction of sp³-hybridized carbons (Fsp3) is 0.250. The summed E-state index contributed by atoms with van der Waals surface area (Å²) in [4.78, 5) is 0. The molecule has 1 aromatic carbocycles. The number of methoxy groups -OCH3 is 1. The summed E-state index contributed by atoms with van der Waals surface area (Å²) < 4.78 is 50.1. The van der Waals surface area contributed by atoms with E-state index < -0.39 is 16.9 Å². The normalized spacial score (nSPS) is 11.6. The Morgan fingerprint density at radius 2 is 2.00 bits per heavy atom. The van der Waals surface area contributed by atoms with Crippen molar-refractivity contribution in [3.8, 4) is 17.4 Å². The van der Waals surface area contributed by atoms with Crippen LogP contribution in [0.2, 0.25) is 5.02 Å². The SMILES string of the molecule is COc1cc(Oc2nn(C)c(C(F)(F)F)c2Cl)ccc1Br. The van der Waals surface area contributed by atoms with E-state index >= 15 is 0 Å². The second kappa shape index (κ2) is 5.76. The van der Waals surface area contributed by atoms with Gasteiger partial charge in [0.25, 0.3) is 5.88 Å². The van der Waals surface area contributed by atoms with Gasteiger partial charge in [0.05, 0.1) is 11.6 Å². The van der Waals surface area contributed by atoms with Gasteiger partial charge >= 0.3 is 6.18 Å². The molecule has 0 N–H and O–H groups in total. The molecular formula is C12H9BrClF3N2O2. The number of nitrogens with zero attached hydrogens (tertiary/aromatic N) is 2. The zero-order valence-corrected chi connectivity index (χ0v) is 13.2. The molecule has 0 fully saturated rings. The van der Waals surface area contributed by atoms with E-state index in [4.69, 9.17) is 21.1 Å². The summed E-state index contributed by atoms with van der Waals surface area (Å²) in [5.41, 5.74) is -1.07. The largest absolute Gasteiger partial charge is 0.495 e. The van der Waals surface area contributed by atoms with Crippen molar-refractivity contribution in [2.75, 3.05) is 7.11 Å². The Bertz CT molecular complexity index is 673. The number of alkyl halides is 3. The third-order valence-corrected chi connectivity index (χ3v) is 3.56. The van der Waals surface area contributed by atoms with Gasteiger partial charge in [-0.1, -0.05) is 11.6 Å². The predicted octanol–water partition coefficient (Wildman–Crippen LogP) is 4.66. The van der Waals surface area contributed by atoms with E-state index in [1.165, 1.54) is 13.2 Å². The Morgan fingerprint density at radius 3 is 2.52 bits per heavy atom. The molecule has 0 saturated heterocycles. The fourth-order valence-electron chi connectivity index (χ4n) is 1.66. The minimum Gasteiger partial charge on any atom is -0.495 e. The minimum absolute atomic E-state index is 0.253. The van der Waals surface area contributed by atoms with Crippen LogP contribution in [-0.2, 0) is 13.2 Å². The Labute approximate surface area is 131 Å². The van der Waals surface area contributed by atoms with Crippen LogP contribution in [0.1, 0.15) is 5.69 Å². The van der Waals surface area contributed by atoms with Crippen LogP contribution in [0.25, 0.3) is 0 Å². The highest BCUT2D eigenvalue weighted by Crippen LogP contribution is 2.41. The summed E-state index contributed by atoms with van der Waals surface area (Å²) >= 11 is 8.96. The molecule has 0 bridgehead atoms. The lowest BCUT2D eigenvalue weighted by Crippen LogP contribution is -2.12. The van der Waals surface area contributed by atoms with E-state index in [2.05, 4.69) is 21.0 Å². The van der Waals surface area contributed by atoms with Gasteiger partial charge in [0, 0.05) is 13.1 Å². The molecule has 0 atom stereocenters. The third kappa shape index (κ3) is 3.26. The van der Waals surface area contributed by atoms with Gasteiger partial charge in [0.2, 0.25) is 0 Å². The Hall–Kier alpha value is -1.41. The average Bonchev–Trinajstić information content (AvgIpc) is 2.66. The van der Waals surface area contributed by atoms with Gasteiger partial charge in [-0.2, -0.15) is 13.2 Å². The number of aromatic nitrogens is 2. The highest BCUT2D eigenvalue weighted by Gasteiger charge is 2.39. The maximum atomic E-state index is 12.8. The van der Waals surface area contributed by atoms with E-state index in [0.29, 0.717) is 14.9 Å². The topological polar surface area (TPSA) is 36.3 Å². The smallest absolute Gasteiger partial charge is 0.434 e. The van der Waals surface area contributed by atoms with E-state index in [9.17, 15) is 13.2 Å². The first-order valence-electron chi connectivity index (χ1n) is 5.55. The molecule has 1 aromatic heterocycles. The molecule has 4 nitrogen and oxygen atoms in total. The molecule has 0 saturated carbocycles. The highest BCUT2D eigenvalue weighted by atomic mass is 79.9. The summed E-state index contributed by atoms with van der Waals surface area (Å²) in [6, 6.07) is 4.68. The van der Waals surface area contributed by atoms with E-state index in [1.54, 1.807) is 12.1 Å². The molecule has 0 aliphatic heterocycles. The van der Waals surface area contributed by atoms with E-state index in [0.717, 1.165) is 7.05 Å². The number of benzene rings is 1. The van der Waals surface area contributed by atoms with E-state index in [-0.39, 0.29) is 11.6 Å². The first-order chi connectivity index (χ1) is 9.74. The van der Waals surface area contributed by atoms with Crippen LogP contribution in [0, 0.1) is 0 Å². The minimum atomic E-state index is -4.61. The summed E-state index contributed by atoms with van der Waals surface area (Å²) in [5.74, 6) is 0.398. The molecule has 9 heteroatoms. The van der Waals surface area contributed by atoms with Crippen LogP contribution in [0.5, 0.6) is 17.4 Å². The number of aryl methyl sites for hydroxylation is 1. The molecule has 0 aliphatic carbocycles. The number of hydrogen-bond donors (Lipinski definition) is 0. The lowest BCUT2D eigenvalue weighted by molar-refractivity contribution is -0.143. The molecular weight excluding hydrogens is 376 g/mol. The molecule has 0 radical (unpaired) electrons. The van der Waals surface area contributed by atoms with Gasteiger partial charge in [0.1, 0.15) is 16.5 Å². The molecule has 0 unspecified atom stereocenters. The van der Waals surface area contributed by atoms with Crippen molar-refractivity contribution in [2.24, 2.45) is 7.05 Å². The standard InChI is InChI=1S/C12H9BrClF3N2O2/c1-19-10(12(15,16)17)9(14)11(18-19)21-6-3-4-7(13)8(5-6)20-2/h3-5H,1-2H3. The van der Waals surface area contributed by atoms with Crippen molar-refractivity contribution < 1.29 is 22.6 Å². The second-order valence-electron chi connectivity index (χ2n) is 3.99. The molecule has 21 heavy (non-hydrogen) atoms. The summed E-state index contributed by atoms with van der Waals surface area (Å²) in [7, 11) is 2.60.